The van der Waals surface area contributed by atoms with Crippen molar-refractivity contribution in [3.63, 3.8) is 0 Å². The lowest BCUT2D eigenvalue weighted by Gasteiger charge is -2.05. The van der Waals surface area contributed by atoms with Gasteiger partial charge in [-0.25, -0.2) is 0 Å². The first kappa shape index (κ1) is 14.6. The molecule has 1 aromatic rings. The third-order valence-electron chi connectivity index (χ3n) is 2.75. The highest BCUT2D eigenvalue weighted by Crippen LogP contribution is 2.17. The van der Waals surface area contributed by atoms with Gasteiger partial charge in [-0.2, -0.15) is 4.39 Å². The molecule has 0 spiro atoms. The van der Waals surface area contributed by atoms with Gasteiger partial charge in [0.2, 0.25) is 5.82 Å². The van der Waals surface area contributed by atoms with Crippen LogP contribution in [0.3, 0.4) is 0 Å². The van der Waals surface area contributed by atoms with E-state index in [9.17, 15) is 14.5 Å². The minimum atomic E-state index is -0.773. The van der Waals surface area contributed by atoms with Gasteiger partial charge in [0, 0.05) is 12.6 Å². The number of rotatable bonds is 8. The maximum absolute atomic E-state index is 13.3. The molecule has 0 saturated heterocycles. The second kappa shape index (κ2) is 7.76. The summed E-state index contributed by atoms with van der Waals surface area (Å²) in [6.07, 6.45) is 4.73. The first-order valence-corrected chi connectivity index (χ1v) is 6.28. The quantitative estimate of drug-likeness (QED) is 0.439. The zero-order valence-electron chi connectivity index (χ0n) is 10.6. The molecule has 0 aliphatic carbocycles. The molecule has 100 valence electrons. The van der Waals surface area contributed by atoms with Crippen molar-refractivity contribution >= 4 is 5.69 Å². The van der Waals surface area contributed by atoms with Gasteiger partial charge < -0.3 is 5.32 Å². The van der Waals surface area contributed by atoms with Gasteiger partial charge in [-0.15, -0.1) is 0 Å². The van der Waals surface area contributed by atoms with E-state index in [1.807, 2.05) is 0 Å². The molecule has 5 heteroatoms. The minimum Gasteiger partial charge on any atom is -0.313 e. The highest BCUT2D eigenvalue weighted by Gasteiger charge is 2.13. The molecule has 1 aromatic carbocycles. The van der Waals surface area contributed by atoms with Crippen molar-refractivity contribution in [3.05, 3.63) is 39.7 Å². The Labute approximate surface area is 106 Å². The van der Waals surface area contributed by atoms with Crippen molar-refractivity contribution in [2.45, 2.75) is 39.2 Å². The molecule has 0 amide bonds. The lowest BCUT2D eigenvalue weighted by molar-refractivity contribution is -0.387. The number of hydrogen-bond donors (Lipinski definition) is 1. The molecule has 0 saturated carbocycles. The molecule has 0 aliphatic heterocycles. The van der Waals surface area contributed by atoms with Gasteiger partial charge in [0.25, 0.3) is 0 Å². The molecular weight excluding hydrogens is 235 g/mol. The number of nitro benzene ring substituents is 1. The maximum atomic E-state index is 13.3. The number of halogens is 1. The van der Waals surface area contributed by atoms with Gasteiger partial charge in [0.05, 0.1) is 4.92 Å². The van der Waals surface area contributed by atoms with Gasteiger partial charge in [-0.05, 0) is 24.6 Å². The van der Waals surface area contributed by atoms with Crippen molar-refractivity contribution in [2.24, 2.45) is 0 Å². The van der Waals surface area contributed by atoms with Crippen molar-refractivity contribution in [2.75, 3.05) is 6.54 Å². The molecular formula is C13H19FN2O2. The molecule has 1 rings (SSSR count). The van der Waals surface area contributed by atoms with E-state index < -0.39 is 16.4 Å². The molecule has 0 fully saturated rings. The molecule has 0 aromatic heterocycles. The zero-order valence-corrected chi connectivity index (χ0v) is 10.6. The van der Waals surface area contributed by atoms with Crippen LogP contribution in [0.15, 0.2) is 18.2 Å². The summed E-state index contributed by atoms with van der Waals surface area (Å²) < 4.78 is 13.3. The van der Waals surface area contributed by atoms with Crippen LogP contribution in [-0.2, 0) is 6.54 Å². The molecule has 0 bridgehead atoms. The highest BCUT2D eigenvalue weighted by molar-refractivity contribution is 5.34. The summed E-state index contributed by atoms with van der Waals surface area (Å²) in [5, 5.41) is 13.6. The smallest absolute Gasteiger partial charge is 0.304 e. The van der Waals surface area contributed by atoms with Crippen molar-refractivity contribution in [1.29, 1.82) is 0 Å². The van der Waals surface area contributed by atoms with Crippen LogP contribution in [0.2, 0.25) is 0 Å². The average Bonchev–Trinajstić information content (AvgIpc) is 2.33. The Morgan fingerprint density at radius 2 is 2.11 bits per heavy atom. The average molecular weight is 254 g/mol. The normalized spacial score (nSPS) is 10.6. The molecule has 4 nitrogen and oxygen atoms in total. The van der Waals surface area contributed by atoms with Gasteiger partial charge in [0.15, 0.2) is 0 Å². The van der Waals surface area contributed by atoms with E-state index in [-0.39, 0.29) is 0 Å². The number of nitro groups is 1. The van der Waals surface area contributed by atoms with Crippen LogP contribution >= 0.6 is 0 Å². The Hall–Kier alpha value is -1.49. The summed E-state index contributed by atoms with van der Waals surface area (Å²) in [6.45, 7) is 3.59. The van der Waals surface area contributed by atoms with Gasteiger partial charge in [0.1, 0.15) is 0 Å². The van der Waals surface area contributed by atoms with Crippen LogP contribution in [0.4, 0.5) is 10.1 Å². The van der Waals surface area contributed by atoms with Gasteiger partial charge >= 0.3 is 5.69 Å². The van der Waals surface area contributed by atoms with E-state index in [2.05, 4.69) is 12.2 Å². The highest BCUT2D eigenvalue weighted by atomic mass is 19.1. The Morgan fingerprint density at radius 3 is 2.72 bits per heavy atom. The number of benzene rings is 1. The predicted octanol–water partition coefficient (Wildman–Crippen LogP) is 3.40. The molecule has 0 heterocycles. The van der Waals surface area contributed by atoms with E-state index in [4.69, 9.17) is 0 Å². The number of unbranched alkanes of at least 4 members (excludes halogenated alkanes) is 3. The SMILES string of the molecule is CCCCCCNCc1ccc([N+](=O)[O-])c(F)c1. The van der Waals surface area contributed by atoms with Crippen molar-refractivity contribution in [3.8, 4) is 0 Å². The molecule has 0 radical (unpaired) electrons. The fraction of sp³-hybridized carbons (Fsp3) is 0.538. The first-order chi connectivity index (χ1) is 8.65. The minimum absolute atomic E-state index is 0.471. The molecule has 0 aliphatic rings. The predicted molar refractivity (Wildman–Crippen MR) is 68.9 cm³/mol. The summed E-state index contributed by atoms with van der Waals surface area (Å²) >= 11 is 0. The third-order valence-corrected chi connectivity index (χ3v) is 2.75. The Kier molecular flexibility index (Phi) is 6.28. The molecule has 1 N–H and O–H groups in total. The van der Waals surface area contributed by atoms with Crippen LogP contribution in [0.25, 0.3) is 0 Å². The fourth-order valence-electron chi connectivity index (χ4n) is 1.72. The molecule has 0 atom stereocenters. The summed E-state index contributed by atoms with van der Waals surface area (Å²) in [5.74, 6) is -0.773. The van der Waals surface area contributed by atoms with Crippen molar-refractivity contribution in [1.82, 2.24) is 5.32 Å². The van der Waals surface area contributed by atoms with E-state index in [1.54, 1.807) is 6.07 Å². The van der Waals surface area contributed by atoms with E-state index in [1.165, 1.54) is 31.4 Å². The summed E-state index contributed by atoms with van der Waals surface area (Å²) in [4.78, 5) is 9.73. The van der Waals surface area contributed by atoms with E-state index in [0.29, 0.717) is 6.54 Å². The monoisotopic (exact) mass is 254 g/mol. The molecule has 18 heavy (non-hydrogen) atoms. The second-order valence-electron chi connectivity index (χ2n) is 4.28. The van der Waals surface area contributed by atoms with Crippen LogP contribution in [-0.4, -0.2) is 11.5 Å². The van der Waals surface area contributed by atoms with Crippen LogP contribution in [0.1, 0.15) is 38.2 Å². The Balaban J connectivity index is 2.35. The lowest BCUT2D eigenvalue weighted by atomic mass is 10.2. The lowest BCUT2D eigenvalue weighted by Crippen LogP contribution is -2.14. The zero-order chi connectivity index (χ0) is 13.4. The van der Waals surface area contributed by atoms with E-state index in [0.717, 1.165) is 18.5 Å². The summed E-state index contributed by atoms with van der Waals surface area (Å²) in [6, 6.07) is 4.01. The number of hydrogen-bond acceptors (Lipinski definition) is 3. The van der Waals surface area contributed by atoms with Crippen LogP contribution in [0.5, 0.6) is 0 Å². The van der Waals surface area contributed by atoms with Gasteiger partial charge in [-0.1, -0.05) is 32.3 Å². The fourth-order valence-corrected chi connectivity index (χ4v) is 1.72. The van der Waals surface area contributed by atoms with Gasteiger partial charge in [-0.3, -0.25) is 10.1 Å². The number of nitrogens with one attached hydrogen (secondary N) is 1. The molecule has 0 unspecified atom stereocenters. The van der Waals surface area contributed by atoms with E-state index >= 15 is 0 Å². The van der Waals surface area contributed by atoms with Crippen LogP contribution in [0, 0.1) is 15.9 Å². The Morgan fingerprint density at radius 1 is 1.33 bits per heavy atom. The second-order valence-corrected chi connectivity index (χ2v) is 4.28. The third kappa shape index (κ3) is 4.79. The summed E-state index contributed by atoms with van der Waals surface area (Å²) in [5.41, 5.74) is 0.260. The van der Waals surface area contributed by atoms with Crippen molar-refractivity contribution < 1.29 is 9.31 Å². The summed E-state index contributed by atoms with van der Waals surface area (Å²) in [7, 11) is 0. The van der Waals surface area contributed by atoms with Crippen LogP contribution < -0.4 is 5.32 Å². The maximum Gasteiger partial charge on any atom is 0.304 e. The first-order valence-electron chi connectivity index (χ1n) is 6.28. The largest absolute Gasteiger partial charge is 0.313 e. The number of nitrogens with zero attached hydrogens (tertiary/aromatic N) is 1. The standard InChI is InChI=1S/C13H19FN2O2/c1-2-3-4-5-8-15-10-11-6-7-13(16(17)18)12(14)9-11/h6-7,9,15H,2-5,8,10H2,1H3. The topological polar surface area (TPSA) is 55.2 Å². The Bertz CT molecular complexity index is 397.